The van der Waals surface area contributed by atoms with E-state index in [1.165, 1.54) is 11.8 Å². The number of aliphatic imine (C=N–C) groups is 1. The Kier molecular flexibility index (Phi) is 4.32. The Bertz CT molecular complexity index is 799. The van der Waals surface area contributed by atoms with Crippen molar-refractivity contribution in [3.63, 3.8) is 0 Å². The van der Waals surface area contributed by atoms with Crippen LogP contribution >= 0.6 is 23.4 Å². The number of nitrogens with one attached hydrogen (secondary N) is 1. The van der Waals surface area contributed by atoms with Crippen LogP contribution in [0.25, 0.3) is 6.08 Å². The first-order chi connectivity index (χ1) is 10.6. The van der Waals surface area contributed by atoms with Crippen molar-refractivity contribution in [3.8, 4) is 0 Å². The molecule has 1 N–H and O–H groups in total. The van der Waals surface area contributed by atoms with Crippen LogP contribution in [0.15, 0.2) is 58.4 Å². The number of para-hydroxylation sites is 1. The van der Waals surface area contributed by atoms with Crippen LogP contribution in [-0.4, -0.2) is 11.1 Å². The van der Waals surface area contributed by atoms with Crippen molar-refractivity contribution in [3.05, 3.63) is 69.6 Å². The van der Waals surface area contributed by atoms with Gasteiger partial charge in [0, 0.05) is 0 Å². The Hall–Kier alpha value is -2.04. The lowest BCUT2D eigenvalue weighted by Gasteiger charge is -1.99. The Morgan fingerprint density at radius 2 is 1.86 bits per heavy atom. The summed E-state index contributed by atoms with van der Waals surface area (Å²) in [4.78, 5) is 17.1. The standard InChI is InChI=1S/C17H13ClN2OS/c1-11-6-2-3-7-12(11)10-15-16(21)20-17(22-15)19-14-9-5-4-8-13(14)18/h2-10H,1H3,(H,19,20,21)/b15-10-. The van der Waals surface area contributed by atoms with Crippen molar-refractivity contribution < 1.29 is 4.79 Å². The van der Waals surface area contributed by atoms with E-state index in [4.69, 9.17) is 11.6 Å². The molecule has 2 aromatic carbocycles. The number of halogens is 1. The predicted molar refractivity (Wildman–Crippen MR) is 93.4 cm³/mol. The fraction of sp³-hybridized carbons (Fsp3) is 0.0588. The van der Waals surface area contributed by atoms with E-state index in [1.807, 2.05) is 55.5 Å². The first-order valence-corrected chi connectivity index (χ1v) is 7.93. The average Bonchev–Trinajstić information content (AvgIpc) is 2.84. The zero-order chi connectivity index (χ0) is 15.5. The number of hydrogen-bond donors (Lipinski definition) is 1. The van der Waals surface area contributed by atoms with Gasteiger partial charge in [0.2, 0.25) is 0 Å². The zero-order valence-corrected chi connectivity index (χ0v) is 13.4. The lowest BCUT2D eigenvalue weighted by molar-refractivity contribution is -0.115. The molecule has 1 aliphatic rings. The molecule has 2 aromatic rings. The number of benzene rings is 2. The van der Waals surface area contributed by atoms with Gasteiger partial charge in [-0.3, -0.25) is 4.79 Å². The highest BCUT2D eigenvalue weighted by molar-refractivity contribution is 8.18. The third-order valence-electron chi connectivity index (χ3n) is 3.20. The number of amidine groups is 1. The van der Waals surface area contributed by atoms with Gasteiger partial charge in [-0.15, -0.1) is 0 Å². The van der Waals surface area contributed by atoms with Crippen molar-refractivity contribution >= 4 is 46.2 Å². The number of nitrogens with zero attached hydrogens (tertiary/aromatic N) is 1. The molecule has 1 aliphatic heterocycles. The molecule has 1 amide bonds. The van der Waals surface area contributed by atoms with Crippen LogP contribution in [0, 0.1) is 6.92 Å². The number of thioether (sulfide) groups is 1. The van der Waals surface area contributed by atoms with Crippen LogP contribution in [0.3, 0.4) is 0 Å². The molecule has 1 saturated heterocycles. The maximum Gasteiger partial charge on any atom is 0.264 e. The van der Waals surface area contributed by atoms with Gasteiger partial charge in [-0.2, -0.15) is 0 Å². The number of aryl methyl sites for hydroxylation is 1. The Labute approximate surface area is 138 Å². The average molecular weight is 329 g/mol. The molecule has 0 radical (unpaired) electrons. The van der Waals surface area contributed by atoms with E-state index in [0.29, 0.717) is 20.8 Å². The van der Waals surface area contributed by atoms with Crippen LogP contribution < -0.4 is 5.32 Å². The van der Waals surface area contributed by atoms with Gasteiger partial charge in [-0.1, -0.05) is 48.0 Å². The second-order valence-electron chi connectivity index (χ2n) is 4.79. The molecule has 0 saturated carbocycles. The molecule has 1 heterocycles. The minimum Gasteiger partial charge on any atom is -0.300 e. The Morgan fingerprint density at radius 1 is 1.14 bits per heavy atom. The zero-order valence-electron chi connectivity index (χ0n) is 11.8. The summed E-state index contributed by atoms with van der Waals surface area (Å²) in [6.07, 6.45) is 1.88. The Morgan fingerprint density at radius 3 is 2.64 bits per heavy atom. The summed E-state index contributed by atoms with van der Waals surface area (Å²) in [5, 5.41) is 3.86. The molecule has 0 bridgehead atoms. The largest absolute Gasteiger partial charge is 0.300 e. The molecule has 110 valence electrons. The molecular weight excluding hydrogens is 316 g/mol. The SMILES string of the molecule is Cc1ccccc1/C=C1\SC(=Nc2ccccc2Cl)NC1=O. The van der Waals surface area contributed by atoms with Crippen LogP contribution in [0.2, 0.25) is 5.02 Å². The molecule has 0 aromatic heterocycles. The summed E-state index contributed by atoms with van der Waals surface area (Å²) in [7, 11) is 0. The van der Waals surface area contributed by atoms with Crippen LogP contribution in [0.1, 0.15) is 11.1 Å². The van der Waals surface area contributed by atoms with Gasteiger partial charge >= 0.3 is 0 Å². The van der Waals surface area contributed by atoms with Crippen molar-refractivity contribution in [2.75, 3.05) is 0 Å². The molecular formula is C17H13ClN2OS. The van der Waals surface area contributed by atoms with E-state index < -0.39 is 0 Å². The number of carbonyl (C=O) groups is 1. The van der Waals surface area contributed by atoms with Gasteiger partial charge in [0.25, 0.3) is 5.91 Å². The molecule has 22 heavy (non-hydrogen) atoms. The van der Waals surface area contributed by atoms with Gasteiger partial charge in [0.05, 0.1) is 15.6 Å². The molecule has 0 spiro atoms. The van der Waals surface area contributed by atoms with E-state index in [0.717, 1.165) is 11.1 Å². The second-order valence-corrected chi connectivity index (χ2v) is 6.23. The van der Waals surface area contributed by atoms with Crippen LogP contribution in [-0.2, 0) is 4.79 Å². The van der Waals surface area contributed by atoms with Crippen molar-refractivity contribution in [2.24, 2.45) is 4.99 Å². The Balaban J connectivity index is 1.88. The van der Waals surface area contributed by atoms with Crippen molar-refractivity contribution in [1.29, 1.82) is 0 Å². The summed E-state index contributed by atoms with van der Waals surface area (Å²) in [6, 6.07) is 15.2. The van der Waals surface area contributed by atoms with Gasteiger partial charge in [-0.25, -0.2) is 4.99 Å². The first kappa shape index (κ1) is 14.9. The van der Waals surface area contributed by atoms with Gasteiger partial charge in [-0.05, 0) is 48.0 Å². The second kappa shape index (κ2) is 6.38. The van der Waals surface area contributed by atoms with Crippen LogP contribution in [0.4, 0.5) is 5.69 Å². The number of rotatable bonds is 2. The number of carbonyl (C=O) groups excluding carboxylic acids is 1. The lowest BCUT2D eigenvalue weighted by atomic mass is 10.1. The normalized spacial score (nSPS) is 18.0. The van der Waals surface area contributed by atoms with E-state index in [9.17, 15) is 4.79 Å². The monoisotopic (exact) mass is 328 g/mol. The molecule has 3 nitrogen and oxygen atoms in total. The van der Waals surface area contributed by atoms with Crippen LogP contribution in [0.5, 0.6) is 0 Å². The minimum atomic E-state index is -0.140. The maximum atomic E-state index is 12.1. The molecule has 0 aliphatic carbocycles. The fourth-order valence-electron chi connectivity index (χ4n) is 2.02. The smallest absolute Gasteiger partial charge is 0.264 e. The van der Waals surface area contributed by atoms with Gasteiger partial charge < -0.3 is 5.32 Å². The van der Waals surface area contributed by atoms with Crippen molar-refractivity contribution in [1.82, 2.24) is 5.32 Å². The summed E-state index contributed by atoms with van der Waals surface area (Å²) in [5.74, 6) is -0.140. The summed E-state index contributed by atoms with van der Waals surface area (Å²) < 4.78 is 0. The molecule has 0 unspecified atom stereocenters. The highest BCUT2D eigenvalue weighted by atomic mass is 35.5. The topological polar surface area (TPSA) is 41.5 Å². The quantitative estimate of drug-likeness (QED) is 0.822. The maximum absolute atomic E-state index is 12.1. The number of amides is 1. The van der Waals surface area contributed by atoms with Crippen molar-refractivity contribution in [2.45, 2.75) is 6.92 Å². The fourth-order valence-corrected chi connectivity index (χ4v) is 3.03. The highest BCUT2D eigenvalue weighted by Gasteiger charge is 2.24. The summed E-state index contributed by atoms with van der Waals surface area (Å²) in [5.41, 5.74) is 2.79. The van der Waals surface area contributed by atoms with E-state index in [2.05, 4.69) is 10.3 Å². The first-order valence-electron chi connectivity index (χ1n) is 6.73. The molecule has 0 atom stereocenters. The van der Waals surface area contributed by atoms with Gasteiger partial charge in [0.1, 0.15) is 0 Å². The third kappa shape index (κ3) is 3.24. The molecule has 5 heteroatoms. The highest BCUT2D eigenvalue weighted by Crippen LogP contribution is 2.31. The molecule has 1 fully saturated rings. The van der Waals surface area contributed by atoms with E-state index >= 15 is 0 Å². The molecule has 3 rings (SSSR count). The van der Waals surface area contributed by atoms with E-state index in [-0.39, 0.29) is 5.91 Å². The minimum absolute atomic E-state index is 0.140. The third-order valence-corrected chi connectivity index (χ3v) is 4.43. The summed E-state index contributed by atoms with van der Waals surface area (Å²) >= 11 is 7.40. The summed E-state index contributed by atoms with van der Waals surface area (Å²) in [6.45, 7) is 2.02. The number of hydrogen-bond acceptors (Lipinski definition) is 3. The lowest BCUT2D eigenvalue weighted by Crippen LogP contribution is -2.19. The van der Waals surface area contributed by atoms with Gasteiger partial charge in [0.15, 0.2) is 5.17 Å². The predicted octanol–water partition coefficient (Wildman–Crippen LogP) is 4.54. The van der Waals surface area contributed by atoms with E-state index in [1.54, 1.807) is 6.07 Å².